The highest BCUT2D eigenvalue weighted by atomic mass is 16.5. The minimum Gasteiger partial charge on any atom is -0.507 e. The summed E-state index contributed by atoms with van der Waals surface area (Å²) in [6.45, 7) is 2.25. The first-order chi connectivity index (χ1) is 8.75. The van der Waals surface area contributed by atoms with Gasteiger partial charge in [0.05, 0.1) is 5.39 Å². The van der Waals surface area contributed by atoms with Crippen molar-refractivity contribution in [2.75, 3.05) is 26.3 Å². The Bertz CT molecular complexity index is 584. The number of ether oxygens (including phenoxy) is 1. The number of hydrogen-bond donors (Lipinski definition) is 1. The van der Waals surface area contributed by atoms with Crippen LogP contribution in [0.2, 0.25) is 0 Å². The lowest BCUT2D eigenvalue weighted by Gasteiger charge is -2.13. The summed E-state index contributed by atoms with van der Waals surface area (Å²) in [4.78, 5) is 13.9. The summed E-state index contributed by atoms with van der Waals surface area (Å²) >= 11 is 0. The van der Waals surface area contributed by atoms with Crippen LogP contribution in [0.5, 0.6) is 5.75 Å². The summed E-state index contributed by atoms with van der Waals surface area (Å²) in [5, 5.41) is 10.2. The highest BCUT2D eigenvalue weighted by molar-refractivity contribution is 5.98. The van der Waals surface area contributed by atoms with Crippen molar-refractivity contribution in [2.45, 2.75) is 0 Å². The van der Waals surface area contributed by atoms with Crippen molar-refractivity contribution in [2.24, 2.45) is 0 Å². The molecule has 0 aliphatic carbocycles. The number of phenols is 1. The predicted molar refractivity (Wildman–Crippen MR) is 64.9 cm³/mol. The molecule has 0 saturated carbocycles. The van der Waals surface area contributed by atoms with Gasteiger partial charge in [0.25, 0.3) is 0 Å². The molecule has 3 rings (SSSR count). The Morgan fingerprint density at radius 3 is 2.78 bits per heavy atom. The lowest BCUT2D eigenvalue weighted by Crippen LogP contribution is -2.45. The fourth-order valence-corrected chi connectivity index (χ4v) is 2.07. The number of benzene rings is 1. The first-order valence-corrected chi connectivity index (χ1v) is 5.84. The van der Waals surface area contributed by atoms with Crippen molar-refractivity contribution in [1.82, 2.24) is 4.90 Å². The molecule has 1 saturated heterocycles. The van der Waals surface area contributed by atoms with Gasteiger partial charge >= 0.3 is 5.91 Å². The normalized spacial score (nSPS) is 17.1. The van der Waals surface area contributed by atoms with Gasteiger partial charge in [-0.2, -0.15) is 0 Å². The second-order valence-electron chi connectivity index (χ2n) is 4.20. The van der Waals surface area contributed by atoms with Crippen LogP contribution in [-0.4, -0.2) is 37.3 Å². The highest BCUT2D eigenvalue weighted by Gasteiger charge is 2.32. The first-order valence-electron chi connectivity index (χ1n) is 5.84. The van der Waals surface area contributed by atoms with E-state index in [0.29, 0.717) is 37.3 Å². The number of phenolic OH excluding ortho intramolecular Hbond substituents is 1. The van der Waals surface area contributed by atoms with E-state index < -0.39 is 0 Å². The number of amides is 1. The zero-order valence-electron chi connectivity index (χ0n) is 9.76. The van der Waals surface area contributed by atoms with E-state index in [4.69, 9.17) is 9.15 Å². The maximum Gasteiger partial charge on any atom is 0.428 e. The number of rotatable bonds is 1. The minimum absolute atomic E-state index is 0.122. The number of fused-ring (bicyclic) bond motifs is 1. The number of hydrogen-bond acceptors (Lipinski definition) is 4. The molecule has 5 heteroatoms. The van der Waals surface area contributed by atoms with Gasteiger partial charge in [-0.1, -0.05) is 11.0 Å². The molecule has 0 spiro atoms. The third kappa shape index (κ3) is 1.87. The Morgan fingerprint density at radius 2 is 2.06 bits per heavy atom. The average molecular weight is 247 g/mol. The number of carbonyl (C=O) groups is 1. The van der Waals surface area contributed by atoms with Gasteiger partial charge in [0, 0.05) is 6.07 Å². The number of morpholine rings is 1. The maximum absolute atomic E-state index is 12.2. The SMILES string of the molecule is O=C(c1cc2c(O)cccc2o1)[N+]1CCOCC1. The van der Waals surface area contributed by atoms with Gasteiger partial charge in [-0.3, -0.25) is 0 Å². The topological polar surface area (TPSA) is 65.6 Å². The van der Waals surface area contributed by atoms with E-state index in [0.717, 1.165) is 0 Å². The van der Waals surface area contributed by atoms with E-state index >= 15 is 0 Å². The molecule has 1 aliphatic rings. The van der Waals surface area contributed by atoms with E-state index in [2.05, 4.69) is 0 Å². The van der Waals surface area contributed by atoms with Crippen LogP contribution < -0.4 is 4.90 Å². The summed E-state index contributed by atoms with van der Waals surface area (Å²) in [6.07, 6.45) is 0. The third-order valence-corrected chi connectivity index (χ3v) is 3.05. The molecule has 0 bridgehead atoms. The van der Waals surface area contributed by atoms with Crippen molar-refractivity contribution < 1.29 is 19.1 Å². The van der Waals surface area contributed by atoms with Gasteiger partial charge in [0.15, 0.2) is 13.1 Å². The summed E-state index contributed by atoms with van der Waals surface area (Å²) in [5.74, 6) is 0.222. The van der Waals surface area contributed by atoms with Gasteiger partial charge in [-0.25, -0.2) is 4.79 Å². The van der Waals surface area contributed by atoms with Crippen LogP contribution in [0.4, 0.5) is 0 Å². The van der Waals surface area contributed by atoms with Crippen molar-refractivity contribution in [1.29, 1.82) is 0 Å². The lowest BCUT2D eigenvalue weighted by atomic mass is 10.2. The van der Waals surface area contributed by atoms with Crippen LogP contribution >= 0.6 is 0 Å². The number of carbonyl (C=O) groups excluding carboxylic acids is 1. The molecule has 2 heterocycles. The maximum atomic E-state index is 12.2. The summed E-state index contributed by atoms with van der Waals surface area (Å²) in [6, 6.07) is 6.57. The van der Waals surface area contributed by atoms with E-state index in [-0.39, 0.29) is 17.4 Å². The molecule has 2 aromatic rings. The molecule has 0 unspecified atom stereocenters. The van der Waals surface area contributed by atoms with Crippen LogP contribution in [0.25, 0.3) is 11.0 Å². The van der Waals surface area contributed by atoms with Gasteiger partial charge in [0.2, 0.25) is 5.76 Å². The molecular formula is C13H13NO4+. The van der Waals surface area contributed by atoms with E-state index in [1.54, 1.807) is 29.2 Å². The quantitative estimate of drug-likeness (QED) is 0.774. The fourth-order valence-electron chi connectivity index (χ4n) is 2.07. The van der Waals surface area contributed by atoms with Crippen molar-refractivity contribution >= 4 is 16.9 Å². The van der Waals surface area contributed by atoms with Gasteiger partial charge in [-0.15, -0.1) is 0 Å². The Morgan fingerprint density at radius 1 is 1.28 bits per heavy atom. The van der Waals surface area contributed by atoms with Crippen molar-refractivity contribution in [3.8, 4) is 5.75 Å². The van der Waals surface area contributed by atoms with Crippen LogP contribution in [0.15, 0.2) is 28.7 Å². The zero-order valence-corrected chi connectivity index (χ0v) is 9.76. The molecular weight excluding hydrogens is 234 g/mol. The van der Waals surface area contributed by atoms with Gasteiger partial charge in [0.1, 0.15) is 24.5 Å². The molecule has 0 atom stereocenters. The lowest BCUT2D eigenvalue weighted by molar-refractivity contribution is 0.0539. The van der Waals surface area contributed by atoms with Crippen LogP contribution in [-0.2, 0) is 4.74 Å². The van der Waals surface area contributed by atoms with Gasteiger partial charge < -0.3 is 14.3 Å². The molecule has 93 valence electrons. The summed E-state index contributed by atoms with van der Waals surface area (Å²) in [5.41, 5.74) is 0.520. The predicted octanol–water partition coefficient (Wildman–Crippen LogP) is 1.45. The van der Waals surface area contributed by atoms with Crippen LogP contribution in [0.1, 0.15) is 10.6 Å². The smallest absolute Gasteiger partial charge is 0.428 e. The average Bonchev–Trinajstić information content (AvgIpc) is 2.84. The van der Waals surface area contributed by atoms with Crippen LogP contribution in [0.3, 0.4) is 0 Å². The molecule has 18 heavy (non-hydrogen) atoms. The summed E-state index contributed by atoms with van der Waals surface area (Å²) < 4.78 is 10.7. The highest BCUT2D eigenvalue weighted by Crippen LogP contribution is 2.27. The van der Waals surface area contributed by atoms with E-state index in [1.165, 1.54) is 0 Å². The Kier molecular flexibility index (Phi) is 2.77. The second kappa shape index (κ2) is 4.44. The molecule has 1 N–H and O–H groups in total. The largest absolute Gasteiger partial charge is 0.507 e. The molecule has 1 radical (unpaired) electrons. The summed E-state index contributed by atoms with van der Waals surface area (Å²) in [7, 11) is 0. The third-order valence-electron chi connectivity index (χ3n) is 3.05. The first kappa shape index (κ1) is 11.3. The van der Waals surface area contributed by atoms with Crippen LogP contribution in [0, 0.1) is 0 Å². The number of nitrogens with zero attached hydrogens (tertiary/aromatic N) is 1. The molecule has 1 aliphatic heterocycles. The number of aromatic hydroxyl groups is 1. The second-order valence-corrected chi connectivity index (χ2v) is 4.20. The Hall–Kier alpha value is -1.85. The van der Waals surface area contributed by atoms with Crippen molar-refractivity contribution in [3.05, 3.63) is 30.0 Å². The minimum atomic E-state index is -0.158. The fraction of sp³-hybridized carbons (Fsp3) is 0.308. The Balaban J connectivity index is 1.94. The molecule has 1 fully saturated rings. The Labute approximate surface area is 104 Å². The van der Waals surface area contributed by atoms with E-state index in [1.807, 2.05) is 0 Å². The molecule has 5 nitrogen and oxygen atoms in total. The van der Waals surface area contributed by atoms with Crippen molar-refractivity contribution in [3.63, 3.8) is 0 Å². The standard InChI is InChI=1S/C13H13NO4/c15-10-2-1-3-11-9(10)8-12(18-11)13(16)14-4-6-17-7-5-14/h1-3,8,15H,4-7H2/q+1. The van der Waals surface area contributed by atoms with Gasteiger partial charge in [-0.05, 0) is 12.1 Å². The zero-order chi connectivity index (χ0) is 12.5. The molecule has 1 aromatic carbocycles. The van der Waals surface area contributed by atoms with E-state index in [9.17, 15) is 9.90 Å². The molecule has 1 amide bonds. The monoisotopic (exact) mass is 247 g/mol. The molecule has 1 aromatic heterocycles. The number of furan rings is 1.